The molecular weight excluding hydrogens is 478 g/mol. The summed E-state index contributed by atoms with van der Waals surface area (Å²) < 4.78 is 5.47. The third-order valence-electron chi connectivity index (χ3n) is 8.78. The molecule has 4 aromatic rings. The number of nitrogens with zero attached hydrogens (tertiary/aromatic N) is 1. The van der Waals surface area contributed by atoms with Crippen molar-refractivity contribution in [1.82, 2.24) is 0 Å². The number of ketones is 1. The molecule has 0 bridgehead atoms. The molecule has 4 aromatic carbocycles. The van der Waals surface area contributed by atoms with Gasteiger partial charge in [-0.2, -0.15) is 0 Å². The second kappa shape index (κ2) is 9.43. The van der Waals surface area contributed by atoms with Crippen LogP contribution in [-0.4, -0.2) is 25.5 Å². The maximum atomic E-state index is 14.8. The van der Waals surface area contributed by atoms with Gasteiger partial charge in [0, 0.05) is 23.7 Å². The van der Waals surface area contributed by atoms with Gasteiger partial charge in [0.25, 0.3) is 0 Å². The van der Waals surface area contributed by atoms with Crippen LogP contribution in [0.2, 0.25) is 0 Å². The quantitative estimate of drug-likeness (QED) is 0.256. The third kappa shape index (κ3) is 3.76. The molecular formula is C36H33NO2. The fourth-order valence-corrected chi connectivity index (χ4v) is 6.75. The highest BCUT2D eigenvalue weighted by atomic mass is 16.5. The topological polar surface area (TPSA) is 29.5 Å². The molecule has 2 aliphatic rings. The summed E-state index contributed by atoms with van der Waals surface area (Å²) in [7, 11) is 3.82. The zero-order chi connectivity index (χ0) is 27.2. The molecule has 0 fully saturated rings. The van der Waals surface area contributed by atoms with Crippen molar-refractivity contribution in [3.63, 3.8) is 0 Å². The molecule has 1 spiro atoms. The van der Waals surface area contributed by atoms with Gasteiger partial charge < -0.3 is 9.64 Å². The molecule has 0 amide bonds. The Hall–Kier alpha value is -4.37. The van der Waals surface area contributed by atoms with E-state index in [1.54, 1.807) is 7.11 Å². The number of rotatable bonds is 5. The molecule has 3 heteroatoms. The standard InChI is InChI=1S/C36H33NO2/c1-35(2)31-17-11-12-18-32(31)37(3)36(35)24-28(25-13-7-5-8-14-25)23-30(26-19-21-29(39-4)22-20-26)33(36)34(38)27-15-9-6-10-16-27/h5-24,33H,1-4H3. The van der Waals surface area contributed by atoms with Gasteiger partial charge in [-0.3, -0.25) is 4.79 Å². The van der Waals surface area contributed by atoms with Gasteiger partial charge in [0.1, 0.15) is 5.75 Å². The van der Waals surface area contributed by atoms with Gasteiger partial charge in [0.15, 0.2) is 5.78 Å². The molecule has 2 unspecified atom stereocenters. The Balaban J connectivity index is 1.67. The fraction of sp³-hybridized carbons (Fsp3) is 0.194. The van der Waals surface area contributed by atoms with Crippen molar-refractivity contribution < 1.29 is 9.53 Å². The van der Waals surface area contributed by atoms with Crippen molar-refractivity contribution in [3.8, 4) is 5.75 Å². The number of hydrogen-bond acceptors (Lipinski definition) is 3. The predicted octanol–water partition coefficient (Wildman–Crippen LogP) is 7.84. The van der Waals surface area contributed by atoms with Crippen LogP contribution in [0, 0.1) is 5.92 Å². The molecule has 2 atom stereocenters. The van der Waals surface area contributed by atoms with Crippen molar-refractivity contribution in [2.75, 3.05) is 19.1 Å². The lowest BCUT2D eigenvalue weighted by atomic mass is 9.57. The molecule has 1 heterocycles. The van der Waals surface area contributed by atoms with E-state index in [2.05, 4.69) is 98.6 Å². The van der Waals surface area contributed by atoms with Crippen molar-refractivity contribution >= 4 is 22.6 Å². The fourth-order valence-electron chi connectivity index (χ4n) is 6.75. The number of carbonyl (C=O) groups is 1. The molecule has 0 N–H and O–H groups in total. The van der Waals surface area contributed by atoms with Crippen LogP contribution in [0.1, 0.15) is 40.9 Å². The first kappa shape index (κ1) is 24.9. The zero-order valence-corrected chi connectivity index (χ0v) is 22.9. The minimum Gasteiger partial charge on any atom is -0.497 e. The number of allylic oxidation sites excluding steroid dienone is 2. The molecule has 3 nitrogen and oxygen atoms in total. The highest BCUT2D eigenvalue weighted by molar-refractivity contribution is 6.10. The molecule has 194 valence electrons. The van der Waals surface area contributed by atoms with E-state index in [1.165, 1.54) is 5.56 Å². The van der Waals surface area contributed by atoms with Crippen LogP contribution in [0.4, 0.5) is 5.69 Å². The number of fused-ring (bicyclic) bond motifs is 1. The second-order valence-corrected chi connectivity index (χ2v) is 11.0. The number of hydrogen-bond donors (Lipinski definition) is 0. The van der Waals surface area contributed by atoms with Crippen molar-refractivity contribution in [2.24, 2.45) is 5.92 Å². The molecule has 0 radical (unpaired) electrons. The van der Waals surface area contributed by atoms with E-state index in [4.69, 9.17) is 4.74 Å². The Labute approximate surface area is 231 Å². The third-order valence-corrected chi connectivity index (χ3v) is 8.78. The normalized spacial score (nSPS) is 21.2. The van der Waals surface area contributed by atoms with E-state index < -0.39 is 11.5 Å². The Morgan fingerprint density at radius 1 is 0.769 bits per heavy atom. The van der Waals surface area contributed by atoms with Crippen LogP contribution >= 0.6 is 0 Å². The largest absolute Gasteiger partial charge is 0.497 e. The maximum Gasteiger partial charge on any atom is 0.173 e. The van der Waals surface area contributed by atoms with Gasteiger partial charge in [0.05, 0.1) is 18.6 Å². The number of ether oxygens (including phenoxy) is 1. The maximum absolute atomic E-state index is 14.8. The van der Waals surface area contributed by atoms with Crippen LogP contribution in [0.15, 0.2) is 121 Å². The van der Waals surface area contributed by atoms with Crippen molar-refractivity contribution in [1.29, 1.82) is 0 Å². The SMILES string of the molecule is COc1ccc(C2=CC(c3ccccc3)=CC3(C2C(=O)c2ccccc2)N(C)c2ccccc2C3(C)C)cc1. The average molecular weight is 512 g/mol. The van der Waals surface area contributed by atoms with Crippen molar-refractivity contribution in [2.45, 2.75) is 24.8 Å². The summed E-state index contributed by atoms with van der Waals surface area (Å²) in [6, 6.07) is 36.9. The summed E-state index contributed by atoms with van der Waals surface area (Å²) in [6.45, 7) is 4.58. The molecule has 39 heavy (non-hydrogen) atoms. The summed E-state index contributed by atoms with van der Waals surface area (Å²) in [5.41, 5.74) is 6.38. The molecule has 6 rings (SSSR count). The highest BCUT2D eigenvalue weighted by Gasteiger charge is 2.62. The van der Waals surface area contributed by atoms with Crippen molar-refractivity contribution in [3.05, 3.63) is 144 Å². The number of likely N-dealkylation sites (N-methyl/N-ethyl adjacent to an activating group) is 1. The van der Waals surface area contributed by atoms with E-state index in [0.29, 0.717) is 0 Å². The van der Waals surface area contributed by atoms with Crippen LogP contribution in [0.25, 0.3) is 11.1 Å². The monoisotopic (exact) mass is 511 g/mol. The zero-order valence-electron chi connectivity index (χ0n) is 22.9. The number of anilines is 1. The van der Waals surface area contributed by atoms with Crippen LogP contribution in [-0.2, 0) is 5.41 Å². The van der Waals surface area contributed by atoms with E-state index >= 15 is 0 Å². The Morgan fingerprint density at radius 2 is 1.38 bits per heavy atom. The number of para-hydroxylation sites is 1. The van der Waals surface area contributed by atoms with E-state index in [0.717, 1.165) is 39.3 Å². The number of methoxy groups -OCH3 is 1. The average Bonchev–Trinajstić information content (AvgIpc) is 3.15. The Morgan fingerprint density at radius 3 is 2.03 bits per heavy atom. The highest BCUT2D eigenvalue weighted by Crippen LogP contribution is 2.60. The minimum atomic E-state index is -0.654. The van der Waals surface area contributed by atoms with Crippen LogP contribution in [0.3, 0.4) is 0 Å². The lowest BCUT2D eigenvalue weighted by molar-refractivity contribution is 0.0885. The van der Waals surface area contributed by atoms with Gasteiger partial charge in [0.2, 0.25) is 0 Å². The Bertz CT molecular complexity index is 1580. The summed E-state index contributed by atoms with van der Waals surface area (Å²) in [4.78, 5) is 17.1. The lowest BCUT2D eigenvalue weighted by Gasteiger charge is -2.52. The number of carbonyl (C=O) groups excluding carboxylic acids is 1. The van der Waals surface area contributed by atoms with Gasteiger partial charge in [-0.1, -0.05) is 105 Å². The predicted molar refractivity (Wildman–Crippen MR) is 160 cm³/mol. The first-order valence-electron chi connectivity index (χ1n) is 13.5. The smallest absolute Gasteiger partial charge is 0.173 e. The first-order chi connectivity index (χ1) is 18.9. The first-order valence-corrected chi connectivity index (χ1v) is 13.5. The molecule has 1 aliphatic heterocycles. The van der Waals surface area contributed by atoms with Crippen LogP contribution in [0.5, 0.6) is 5.75 Å². The number of Topliss-reactive ketones (excluding diaryl/α,β-unsaturated/α-hetero) is 1. The second-order valence-electron chi connectivity index (χ2n) is 11.0. The Kier molecular flexibility index (Phi) is 6.03. The molecule has 0 saturated carbocycles. The van der Waals surface area contributed by atoms with E-state index in [-0.39, 0.29) is 11.2 Å². The number of benzene rings is 4. The van der Waals surface area contributed by atoms with Gasteiger partial charge in [-0.05, 0) is 58.2 Å². The van der Waals surface area contributed by atoms with Gasteiger partial charge in [-0.15, -0.1) is 0 Å². The molecule has 0 aromatic heterocycles. The van der Waals surface area contributed by atoms with E-state index in [1.807, 2.05) is 48.5 Å². The summed E-state index contributed by atoms with van der Waals surface area (Å²) >= 11 is 0. The van der Waals surface area contributed by atoms with Crippen LogP contribution < -0.4 is 9.64 Å². The summed E-state index contributed by atoms with van der Waals surface area (Å²) in [5, 5.41) is 0. The molecule has 0 saturated heterocycles. The van der Waals surface area contributed by atoms with Gasteiger partial charge in [-0.25, -0.2) is 0 Å². The molecule has 1 aliphatic carbocycles. The van der Waals surface area contributed by atoms with E-state index in [9.17, 15) is 4.79 Å². The minimum absolute atomic E-state index is 0.119. The summed E-state index contributed by atoms with van der Waals surface area (Å²) in [6.07, 6.45) is 4.58. The summed E-state index contributed by atoms with van der Waals surface area (Å²) in [5.74, 6) is 0.460. The lowest BCUT2D eigenvalue weighted by Crippen LogP contribution is -2.61. The van der Waals surface area contributed by atoms with Gasteiger partial charge >= 0.3 is 0 Å².